The predicted octanol–water partition coefficient (Wildman–Crippen LogP) is 2.47. The first-order chi connectivity index (χ1) is 10.6. The van der Waals surface area contributed by atoms with E-state index in [1.54, 1.807) is 18.2 Å². The second kappa shape index (κ2) is 7.37. The third-order valence-electron chi connectivity index (χ3n) is 2.76. The van der Waals surface area contributed by atoms with Gasteiger partial charge in [-0.05, 0) is 36.5 Å². The van der Waals surface area contributed by atoms with E-state index >= 15 is 0 Å². The van der Waals surface area contributed by atoms with Crippen molar-refractivity contribution in [3.05, 3.63) is 59.9 Å². The molecule has 0 aliphatic rings. The zero-order valence-electron chi connectivity index (χ0n) is 11.7. The van der Waals surface area contributed by atoms with Crippen LogP contribution < -0.4 is 20.9 Å². The van der Waals surface area contributed by atoms with E-state index in [1.165, 1.54) is 25.3 Å². The molecule has 0 aromatic heterocycles. The summed E-state index contributed by atoms with van der Waals surface area (Å²) >= 11 is 5.06. The topological polar surface area (TPSA) is 62.4 Å². The number of rotatable bonds is 3. The summed E-state index contributed by atoms with van der Waals surface area (Å²) in [6.45, 7) is 0. The maximum atomic E-state index is 13.5. The van der Waals surface area contributed by atoms with Crippen molar-refractivity contribution in [2.24, 2.45) is 0 Å². The number of benzene rings is 2. The first-order valence-corrected chi connectivity index (χ1v) is 6.77. The molecule has 2 aromatic carbocycles. The summed E-state index contributed by atoms with van der Waals surface area (Å²) < 4.78 is 18.6. The number of nitrogens with one attached hydrogen (secondary N) is 3. The van der Waals surface area contributed by atoms with Crippen molar-refractivity contribution in [3.8, 4) is 5.75 Å². The third kappa shape index (κ3) is 3.92. The van der Waals surface area contributed by atoms with Crippen molar-refractivity contribution in [2.45, 2.75) is 0 Å². The van der Waals surface area contributed by atoms with E-state index < -0.39 is 11.7 Å². The minimum absolute atomic E-state index is 0.0740. The highest BCUT2D eigenvalue weighted by Crippen LogP contribution is 2.22. The summed E-state index contributed by atoms with van der Waals surface area (Å²) in [7, 11) is 1.54. The van der Waals surface area contributed by atoms with Crippen LogP contribution in [0, 0.1) is 5.82 Å². The van der Waals surface area contributed by atoms with Gasteiger partial charge in [-0.3, -0.25) is 15.6 Å². The molecule has 2 rings (SSSR count). The summed E-state index contributed by atoms with van der Waals surface area (Å²) in [5.41, 5.74) is 5.40. The van der Waals surface area contributed by atoms with Crippen molar-refractivity contribution in [3.63, 3.8) is 0 Å². The van der Waals surface area contributed by atoms with Gasteiger partial charge in [-0.1, -0.05) is 24.3 Å². The zero-order valence-corrected chi connectivity index (χ0v) is 12.5. The fourth-order valence-corrected chi connectivity index (χ4v) is 1.89. The van der Waals surface area contributed by atoms with Crippen molar-refractivity contribution in [1.29, 1.82) is 0 Å². The van der Waals surface area contributed by atoms with E-state index in [2.05, 4.69) is 16.2 Å². The molecule has 0 unspecified atom stereocenters. The number of para-hydroxylation sites is 2. The maximum Gasteiger partial charge on any atom is 0.272 e. The molecule has 0 saturated carbocycles. The molecule has 114 valence electrons. The molecular weight excluding hydrogens is 305 g/mol. The molecule has 0 fully saturated rings. The Labute approximate surface area is 132 Å². The number of amides is 1. The van der Waals surface area contributed by atoms with E-state index in [4.69, 9.17) is 17.0 Å². The first kappa shape index (κ1) is 15.7. The minimum Gasteiger partial charge on any atom is -0.495 e. The molecule has 0 bridgehead atoms. The predicted molar refractivity (Wildman–Crippen MR) is 86.2 cm³/mol. The number of carbonyl (C=O) groups is 1. The molecule has 0 atom stereocenters. The molecule has 1 amide bonds. The minimum atomic E-state index is -0.623. The van der Waals surface area contributed by atoms with Gasteiger partial charge in [0.25, 0.3) is 5.91 Å². The van der Waals surface area contributed by atoms with Gasteiger partial charge in [0.15, 0.2) is 5.11 Å². The van der Waals surface area contributed by atoms with Gasteiger partial charge in [0.05, 0.1) is 18.4 Å². The van der Waals surface area contributed by atoms with Gasteiger partial charge < -0.3 is 10.1 Å². The van der Waals surface area contributed by atoms with Gasteiger partial charge in [-0.15, -0.1) is 0 Å². The largest absolute Gasteiger partial charge is 0.495 e. The molecule has 0 saturated heterocycles. The fourth-order valence-electron chi connectivity index (χ4n) is 1.73. The Bertz CT molecular complexity index is 694. The van der Waals surface area contributed by atoms with Crippen LogP contribution in [0.15, 0.2) is 48.5 Å². The zero-order chi connectivity index (χ0) is 15.9. The normalized spacial score (nSPS) is 9.73. The number of halogens is 1. The number of hydrogen-bond acceptors (Lipinski definition) is 3. The Morgan fingerprint density at radius 3 is 2.50 bits per heavy atom. The van der Waals surface area contributed by atoms with Gasteiger partial charge in [0.1, 0.15) is 11.6 Å². The number of hydrogen-bond donors (Lipinski definition) is 3. The molecule has 3 N–H and O–H groups in total. The Morgan fingerprint density at radius 1 is 1.09 bits per heavy atom. The molecule has 0 aliphatic heterocycles. The number of carbonyl (C=O) groups excluding carboxylic acids is 1. The number of anilines is 1. The highest BCUT2D eigenvalue weighted by atomic mass is 32.1. The van der Waals surface area contributed by atoms with Crippen molar-refractivity contribution < 1.29 is 13.9 Å². The lowest BCUT2D eigenvalue weighted by atomic mass is 10.2. The smallest absolute Gasteiger partial charge is 0.272 e. The molecule has 22 heavy (non-hydrogen) atoms. The van der Waals surface area contributed by atoms with Crippen LogP contribution in [-0.4, -0.2) is 18.1 Å². The average Bonchev–Trinajstić information content (AvgIpc) is 2.53. The van der Waals surface area contributed by atoms with Gasteiger partial charge in [-0.25, -0.2) is 4.39 Å². The highest BCUT2D eigenvalue weighted by Gasteiger charge is 2.11. The van der Waals surface area contributed by atoms with E-state index in [0.717, 1.165) is 0 Å². The number of thiocarbonyl (C=S) groups is 1. The molecule has 0 spiro atoms. The Balaban J connectivity index is 1.93. The van der Waals surface area contributed by atoms with Crippen molar-refractivity contribution >= 4 is 28.9 Å². The third-order valence-corrected chi connectivity index (χ3v) is 2.97. The van der Waals surface area contributed by atoms with Crippen LogP contribution in [0.4, 0.5) is 10.1 Å². The van der Waals surface area contributed by atoms with Gasteiger partial charge in [-0.2, -0.15) is 0 Å². The van der Waals surface area contributed by atoms with Crippen LogP contribution in [0.25, 0.3) is 0 Å². The Morgan fingerprint density at radius 2 is 1.77 bits per heavy atom. The molecule has 0 aliphatic carbocycles. The summed E-state index contributed by atoms with van der Waals surface area (Å²) in [6.07, 6.45) is 0. The van der Waals surface area contributed by atoms with Crippen LogP contribution in [-0.2, 0) is 0 Å². The van der Waals surface area contributed by atoms with Crippen LogP contribution >= 0.6 is 12.2 Å². The standard InChI is InChI=1S/C15H14FN3O2S/c1-21-13-9-5-4-8-12(13)17-15(22)19-18-14(20)10-6-2-3-7-11(10)16/h2-9H,1H3,(H,18,20)(H2,17,19,22). The van der Waals surface area contributed by atoms with Crippen molar-refractivity contribution in [1.82, 2.24) is 10.9 Å². The van der Waals surface area contributed by atoms with Crippen LogP contribution in [0.1, 0.15) is 10.4 Å². The molecule has 0 radical (unpaired) electrons. The van der Waals surface area contributed by atoms with E-state index in [-0.39, 0.29) is 10.7 Å². The van der Waals surface area contributed by atoms with Gasteiger partial charge in [0.2, 0.25) is 0 Å². The number of ether oxygens (including phenoxy) is 1. The molecule has 2 aromatic rings. The number of methoxy groups -OCH3 is 1. The number of hydrazine groups is 1. The maximum absolute atomic E-state index is 13.5. The van der Waals surface area contributed by atoms with Gasteiger partial charge in [0, 0.05) is 0 Å². The molecule has 5 nitrogen and oxygen atoms in total. The molecular formula is C15H14FN3O2S. The van der Waals surface area contributed by atoms with Crippen LogP contribution in [0.2, 0.25) is 0 Å². The fraction of sp³-hybridized carbons (Fsp3) is 0.0667. The summed E-state index contributed by atoms with van der Waals surface area (Å²) in [5.74, 6) is -0.625. The molecule has 0 heterocycles. The van der Waals surface area contributed by atoms with E-state index in [1.807, 2.05) is 12.1 Å². The second-order valence-corrected chi connectivity index (χ2v) is 4.62. The first-order valence-electron chi connectivity index (χ1n) is 6.36. The van der Waals surface area contributed by atoms with E-state index in [9.17, 15) is 9.18 Å². The van der Waals surface area contributed by atoms with Crippen LogP contribution in [0.3, 0.4) is 0 Å². The average molecular weight is 319 g/mol. The summed E-state index contributed by atoms with van der Waals surface area (Å²) in [6, 6.07) is 12.8. The Kier molecular flexibility index (Phi) is 5.26. The second-order valence-electron chi connectivity index (χ2n) is 4.21. The lowest BCUT2D eigenvalue weighted by Crippen LogP contribution is -2.44. The Hall–Kier alpha value is -2.67. The monoisotopic (exact) mass is 319 g/mol. The quantitative estimate of drug-likeness (QED) is 0.599. The summed E-state index contributed by atoms with van der Waals surface area (Å²) in [4.78, 5) is 11.8. The lowest BCUT2D eigenvalue weighted by molar-refractivity contribution is 0.0940. The SMILES string of the molecule is COc1ccccc1NC(=S)NNC(=O)c1ccccc1F. The molecule has 7 heteroatoms. The highest BCUT2D eigenvalue weighted by molar-refractivity contribution is 7.80. The van der Waals surface area contributed by atoms with E-state index in [0.29, 0.717) is 11.4 Å². The van der Waals surface area contributed by atoms with Gasteiger partial charge >= 0.3 is 0 Å². The van der Waals surface area contributed by atoms with Crippen molar-refractivity contribution in [2.75, 3.05) is 12.4 Å². The lowest BCUT2D eigenvalue weighted by Gasteiger charge is -2.14. The summed E-state index contributed by atoms with van der Waals surface area (Å²) in [5, 5.41) is 3.02. The van der Waals surface area contributed by atoms with Crippen LogP contribution in [0.5, 0.6) is 5.75 Å².